The van der Waals surface area contributed by atoms with E-state index in [0.29, 0.717) is 12.2 Å². The largest absolute Gasteiger partial charge is 0.465 e. The molecule has 4 aromatic rings. The molecule has 0 fully saturated rings. The van der Waals surface area contributed by atoms with Gasteiger partial charge in [-0.15, -0.1) is 0 Å². The van der Waals surface area contributed by atoms with Crippen LogP contribution in [0.2, 0.25) is 0 Å². The number of anilines is 1. The van der Waals surface area contributed by atoms with Crippen LogP contribution in [0.4, 0.5) is 5.69 Å². The number of amides is 1. The molecule has 33 heavy (non-hydrogen) atoms. The van der Waals surface area contributed by atoms with E-state index in [1.165, 1.54) is 13.2 Å². The minimum absolute atomic E-state index is 0.286. The topological polar surface area (TPSA) is 86.1 Å². The van der Waals surface area contributed by atoms with Crippen molar-refractivity contribution in [2.45, 2.75) is 6.54 Å². The number of para-hydroxylation sites is 1. The summed E-state index contributed by atoms with van der Waals surface area (Å²) in [4.78, 5) is 28.7. The van der Waals surface area contributed by atoms with Gasteiger partial charge >= 0.3 is 5.97 Å². The predicted molar refractivity (Wildman–Crippen MR) is 126 cm³/mol. The number of carbonyl (C=O) groups is 2. The zero-order valence-electron chi connectivity index (χ0n) is 18.0. The molecule has 164 valence electrons. The Morgan fingerprint density at radius 1 is 1.03 bits per heavy atom. The fraction of sp³-hybridized carbons (Fsp3) is 0.0769. The first-order valence-corrected chi connectivity index (χ1v) is 10.3. The molecule has 0 radical (unpaired) electrons. The maximum atomic E-state index is 12.6. The van der Waals surface area contributed by atoms with E-state index in [-0.39, 0.29) is 11.5 Å². The first kappa shape index (κ1) is 21.7. The average Bonchev–Trinajstić information content (AvgIpc) is 3.26. The molecule has 1 N–H and O–H groups in total. The lowest BCUT2D eigenvalue weighted by Gasteiger charge is -2.07. The first-order valence-electron chi connectivity index (χ1n) is 10.3. The van der Waals surface area contributed by atoms with Crippen LogP contribution in [0.3, 0.4) is 0 Å². The molecule has 0 spiro atoms. The third kappa shape index (κ3) is 5.40. The fourth-order valence-corrected chi connectivity index (χ4v) is 3.36. The summed E-state index contributed by atoms with van der Waals surface area (Å²) in [7, 11) is 1.30. The van der Waals surface area contributed by atoms with E-state index in [0.717, 1.165) is 22.4 Å². The van der Waals surface area contributed by atoms with Crippen LogP contribution in [0.5, 0.6) is 0 Å². The Kier molecular flexibility index (Phi) is 6.70. The van der Waals surface area contributed by atoms with Gasteiger partial charge in [0.05, 0.1) is 24.9 Å². The second-order valence-electron chi connectivity index (χ2n) is 7.22. The summed E-state index contributed by atoms with van der Waals surface area (Å²) in [6, 6.07) is 20.5. The van der Waals surface area contributed by atoms with Crippen LogP contribution in [-0.2, 0) is 16.1 Å². The minimum Gasteiger partial charge on any atom is -0.465 e. The molecule has 0 bridgehead atoms. The highest BCUT2D eigenvalue weighted by Gasteiger charge is 2.13. The predicted octanol–water partition coefficient (Wildman–Crippen LogP) is 4.43. The molecule has 2 heterocycles. The van der Waals surface area contributed by atoms with Gasteiger partial charge < -0.3 is 10.1 Å². The molecule has 0 saturated heterocycles. The normalized spacial score (nSPS) is 10.8. The fourth-order valence-electron chi connectivity index (χ4n) is 3.36. The Morgan fingerprint density at radius 2 is 1.82 bits per heavy atom. The molecule has 2 aromatic carbocycles. The van der Waals surface area contributed by atoms with Gasteiger partial charge in [0, 0.05) is 35.8 Å². The van der Waals surface area contributed by atoms with E-state index in [9.17, 15) is 9.59 Å². The molecule has 2 aromatic heterocycles. The number of ether oxygens (including phenoxy) is 1. The highest BCUT2D eigenvalue weighted by Crippen LogP contribution is 2.23. The quantitative estimate of drug-likeness (QED) is 0.341. The third-order valence-electron chi connectivity index (χ3n) is 4.92. The Labute approximate surface area is 191 Å². The van der Waals surface area contributed by atoms with E-state index in [2.05, 4.69) is 10.3 Å². The Morgan fingerprint density at radius 3 is 2.58 bits per heavy atom. The van der Waals surface area contributed by atoms with Crippen LogP contribution >= 0.6 is 0 Å². The van der Waals surface area contributed by atoms with Crippen LogP contribution < -0.4 is 5.32 Å². The van der Waals surface area contributed by atoms with Crippen LogP contribution in [0.1, 0.15) is 21.5 Å². The summed E-state index contributed by atoms with van der Waals surface area (Å²) in [5.74, 6) is -0.893. The number of pyridine rings is 1. The first-order chi connectivity index (χ1) is 16.1. The Bertz CT molecular complexity index is 1280. The molecular formula is C26H22N4O3. The van der Waals surface area contributed by atoms with Gasteiger partial charge in [0.2, 0.25) is 5.91 Å². The zero-order valence-corrected chi connectivity index (χ0v) is 18.0. The number of aromatic nitrogens is 3. The molecule has 1 amide bonds. The lowest BCUT2D eigenvalue weighted by Crippen LogP contribution is -2.12. The van der Waals surface area contributed by atoms with E-state index >= 15 is 0 Å². The summed E-state index contributed by atoms with van der Waals surface area (Å²) in [5, 5.41) is 7.45. The van der Waals surface area contributed by atoms with E-state index < -0.39 is 5.97 Å². The number of nitrogens with zero attached hydrogens (tertiary/aromatic N) is 3. The summed E-state index contributed by atoms with van der Waals surface area (Å²) in [6.07, 6.45) is 8.44. The van der Waals surface area contributed by atoms with E-state index in [1.807, 2.05) is 53.3 Å². The molecule has 0 unspecified atom stereocenters. The standard InChI is InChI=1S/C26H22N4O3/c1-33-26(32)22-11-5-6-12-23(22)28-24(31)14-13-21-18-30(17-19-8-3-2-4-9-19)29-25(21)20-10-7-15-27-16-20/h2-16,18H,17H2,1H3,(H,28,31)/b14-13+. The number of rotatable bonds is 7. The van der Waals surface area contributed by atoms with Gasteiger partial charge in [-0.1, -0.05) is 42.5 Å². The smallest absolute Gasteiger partial charge is 0.339 e. The molecule has 4 rings (SSSR count). The second-order valence-corrected chi connectivity index (χ2v) is 7.22. The third-order valence-corrected chi connectivity index (χ3v) is 4.92. The van der Waals surface area contributed by atoms with Gasteiger partial charge in [0.15, 0.2) is 0 Å². The average molecular weight is 438 g/mol. The van der Waals surface area contributed by atoms with Crippen molar-refractivity contribution in [1.82, 2.24) is 14.8 Å². The van der Waals surface area contributed by atoms with Crippen molar-refractivity contribution in [3.63, 3.8) is 0 Å². The monoisotopic (exact) mass is 438 g/mol. The number of hydrogen-bond donors (Lipinski definition) is 1. The number of benzene rings is 2. The summed E-state index contributed by atoms with van der Waals surface area (Å²) in [6.45, 7) is 0.598. The van der Waals surface area contributed by atoms with Crippen LogP contribution in [0.15, 0.2) is 91.4 Å². The number of carbonyl (C=O) groups excluding carboxylic acids is 2. The van der Waals surface area contributed by atoms with Gasteiger partial charge in [0.1, 0.15) is 5.69 Å². The summed E-state index contributed by atoms with van der Waals surface area (Å²) in [5.41, 5.74) is 4.12. The molecule has 0 aliphatic heterocycles. The van der Waals surface area contributed by atoms with Crippen molar-refractivity contribution in [2.75, 3.05) is 12.4 Å². The van der Waals surface area contributed by atoms with Crippen molar-refractivity contribution >= 4 is 23.6 Å². The van der Waals surface area contributed by atoms with Crippen LogP contribution in [-0.4, -0.2) is 33.8 Å². The maximum Gasteiger partial charge on any atom is 0.339 e. The van der Waals surface area contributed by atoms with Crippen LogP contribution in [0, 0.1) is 0 Å². The number of methoxy groups -OCH3 is 1. The molecule has 7 heteroatoms. The molecule has 0 aliphatic rings. The van der Waals surface area contributed by atoms with Gasteiger partial charge in [-0.2, -0.15) is 5.10 Å². The maximum absolute atomic E-state index is 12.6. The van der Waals surface area contributed by atoms with Crippen molar-refractivity contribution in [2.24, 2.45) is 0 Å². The molecule has 7 nitrogen and oxygen atoms in total. The van der Waals surface area contributed by atoms with Crippen molar-refractivity contribution in [3.05, 3.63) is 108 Å². The lowest BCUT2D eigenvalue weighted by molar-refractivity contribution is -0.111. The summed E-state index contributed by atoms with van der Waals surface area (Å²) < 4.78 is 6.61. The van der Waals surface area contributed by atoms with Gasteiger partial charge in [-0.05, 0) is 35.9 Å². The van der Waals surface area contributed by atoms with E-state index in [4.69, 9.17) is 9.84 Å². The molecule has 0 atom stereocenters. The Balaban J connectivity index is 1.59. The molecular weight excluding hydrogens is 416 g/mol. The van der Waals surface area contributed by atoms with Gasteiger partial charge in [-0.25, -0.2) is 4.79 Å². The lowest BCUT2D eigenvalue weighted by atomic mass is 10.1. The minimum atomic E-state index is -0.518. The number of nitrogens with one attached hydrogen (secondary N) is 1. The number of esters is 1. The van der Waals surface area contributed by atoms with Gasteiger partial charge in [-0.3, -0.25) is 14.5 Å². The zero-order chi connectivity index (χ0) is 23.0. The van der Waals surface area contributed by atoms with E-state index in [1.54, 1.807) is 42.7 Å². The Hall–Kier alpha value is -4.52. The molecule has 0 saturated carbocycles. The molecule has 0 aliphatic carbocycles. The second kappa shape index (κ2) is 10.2. The summed E-state index contributed by atoms with van der Waals surface area (Å²) >= 11 is 0. The highest BCUT2D eigenvalue weighted by atomic mass is 16.5. The van der Waals surface area contributed by atoms with Crippen molar-refractivity contribution < 1.29 is 14.3 Å². The SMILES string of the molecule is COC(=O)c1ccccc1NC(=O)/C=C/c1cn(Cc2ccccc2)nc1-c1cccnc1. The van der Waals surface area contributed by atoms with Gasteiger partial charge in [0.25, 0.3) is 0 Å². The highest BCUT2D eigenvalue weighted by molar-refractivity contribution is 6.06. The van der Waals surface area contributed by atoms with Crippen molar-refractivity contribution in [3.8, 4) is 11.3 Å². The van der Waals surface area contributed by atoms with Crippen LogP contribution in [0.25, 0.3) is 17.3 Å². The van der Waals surface area contributed by atoms with Crippen molar-refractivity contribution in [1.29, 1.82) is 0 Å². The number of hydrogen-bond acceptors (Lipinski definition) is 5.